The Balaban J connectivity index is 1.29. The molecule has 0 unspecified atom stereocenters. The Labute approximate surface area is 199 Å². The molecule has 0 aliphatic carbocycles. The van der Waals surface area contributed by atoms with Gasteiger partial charge in [-0.15, -0.1) is 0 Å². The Bertz CT molecular complexity index is 1100. The van der Waals surface area contributed by atoms with Gasteiger partial charge >= 0.3 is 5.97 Å². The van der Waals surface area contributed by atoms with Crippen LogP contribution in [0, 0.1) is 6.92 Å². The zero-order valence-electron chi connectivity index (χ0n) is 19.6. The molecule has 1 aliphatic heterocycles. The monoisotopic (exact) mass is 462 g/mol. The molecule has 34 heavy (non-hydrogen) atoms. The molecule has 4 rings (SSSR count). The number of esters is 1. The van der Waals surface area contributed by atoms with Crippen molar-refractivity contribution in [3.8, 4) is 11.4 Å². The number of rotatable bonds is 8. The highest BCUT2D eigenvalue weighted by molar-refractivity contribution is 5.94. The van der Waals surface area contributed by atoms with Crippen LogP contribution in [0.15, 0.2) is 60.8 Å². The second-order valence-electron chi connectivity index (χ2n) is 8.12. The Hall–Kier alpha value is -3.65. The number of aromatic nitrogens is 2. The molecule has 1 aliphatic rings. The lowest BCUT2D eigenvalue weighted by molar-refractivity contribution is 0.0525. The van der Waals surface area contributed by atoms with Crippen LogP contribution in [0.2, 0.25) is 0 Å². The highest BCUT2D eigenvalue weighted by Crippen LogP contribution is 2.17. The van der Waals surface area contributed by atoms with Gasteiger partial charge in [-0.3, -0.25) is 9.69 Å². The fourth-order valence-electron chi connectivity index (χ4n) is 3.99. The van der Waals surface area contributed by atoms with E-state index in [1.165, 1.54) is 6.20 Å². The summed E-state index contributed by atoms with van der Waals surface area (Å²) in [6.07, 6.45) is 1.51. The lowest BCUT2D eigenvalue weighted by Crippen LogP contribution is -2.49. The molecule has 0 spiro atoms. The van der Waals surface area contributed by atoms with E-state index < -0.39 is 0 Å². The van der Waals surface area contributed by atoms with Crippen LogP contribution >= 0.6 is 0 Å². The van der Waals surface area contributed by atoms with E-state index in [1.807, 2.05) is 66.4 Å². The van der Waals surface area contributed by atoms with Gasteiger partial charge in [0.15, 0.2) is 0 Å². The van der Waals surface area contributed by atoms with Crippen LogP contribution in [-0.4, -0.2) is 77.4 Å². The van der Waals surface area contributed by atoms with Gasteiger partial charge in [0.05, 0.1) is 24.2 Å². The summed E-state index contributed by atoms with van der Waals surface area (Å²) in [7, 11) is 0. The SMILES string of the molecule is CCOC(=O)c1cnn(-c2ccc(C(=O)N3CCN(CCOc4ccccc4)CC3)cc2)c1C. The van der Waals surface area contributed by atoms with Crippen molar-refractivity contribution in [2.45, 2.75) is 13.8 Å². The normalized spacial score (nSPS) is 14.1. The topological polar surface area (TPSA) is 76.9 Å². The van der Waals surface area contributed by atoms with E-state index >= 15 is 0 Å². The largest absolute Gasteiger partial charge is 0.492 e. The first-order valence-corrected chi connectivity index (χ1v) is 11.6. The minimum atomic E-state index is -0.385. The molecule has 0 N–H and O–H groups in total. The fraction of sp³-hybridized carbons (Fsp3) is 0.346. The van der Waals surface area contributed by atoms with Gasteiger partial charge in [0.2, 0.25) is 0 Å². The Morgan fingerprint density at radius 3 is 2.35 bits per heavy atom. The summed E-state index contributed by atoms with van der Waals surface area (Å²) in [6, 6.07) is 17.1. The van der Waals surface area contributed by atoms with E-state index in [0.717, 1.165) is 31.1 Å². The predicted octanol–water partition coefficient (Wildman–Crippen LogP) is 3.19. The van der Waals surface area contributed by atoms with Crippen LogP contribution in [-0.2, 0) is 4.74 Å². The average molecular weight is 463 g/mol. The average Bonchev–Trinajstić information content (AvgIpc) is 3.26. The number of carbonyl (C=O) groups is 2. The van der Waals surface area contributed by atoms with Gasteiger partial charge in [0.25, 0.3) is 5.91 Å². The van der Waals surface area contributed by atoms with Gasteiger partial charge in [-0.05, 0) is 50.2 Å². The highest BCUT2D eigenvalue weighted by Gasteiger charge is 2.22. The standard InChI is InChI=1S/C26H30N4O4/c1-3-33-26(32)24-19-27-30(20(24)2)22-11-9-21(10-12-22)25(31)29-15-13-28(14-16-29)17-18-34-23-7-5-4-6-8-23/h4-12,19H,3,13-18H2,1-2H3. The van der Waals surface area contributed by atoms with Gasteiger partial charge in [-0.1, -0.05) is 18.2 Å². The van der Waals surface area contributed by atoms with Crippen LogP contribution in [0.1, 0.15) is 33.3 Å². The van der Waals surface area contributed by atoms with E-state index in [4.69, 9.17) is 9.47 Å². The molecule has 1 aromatic heterocycles. The molecule has 0 bridgehead atoms. The van der Waals surface area contributed by atoms with E-state index in [-0.39, 0.29) is 11.9 Å². The fourth-order valence-corrected chi connectivity index (χ4v) is 3.99. The lowest BCUT2D eigenvalue weighted by atomic mass is 10.1. The molecular formula is C26H30N4O4. The maximum atomic E-state index is 13.0. The van der Waals surface area contributed by atoms with E-state index in [1.54, 1.807) is 11.6 Å². The Morgan fingerprint density at radius 1 is 0.971 bits per heavy atom. The summed E-state index contributed by atoms with van der Waals surface area (Å²) >= 11 is 0. The number of hydrogen-bond acceptors (Lipinski definition) is 6. The molecule has 178 valence electrons. The first-order valence-electron chi connectivity index (χ1n) is 11.6. The summed E-state index contributed by atoms with van der Waals surface area (Å²) in [4.78, 5) is 29.2. The zero-order valence-corrected chi connectivity index (χ0v) is 19.6. The number of nitrogens with zero attached hydrogens (tertiary/aromatic N) is 4. The lowest BCUT2D eigenvalue weighted by Gasteiger charge is -2.34. The summed E-state index contributed by atoms with van der Waals surface area (Å²) in [5.74, 6) is 0.516. The van der Waals surface area contributed by atoms with Crippen molar-refractivity contribution in [1.29, 1.82) is 0 Å². The van der Waals surface area contributed by atoms with Crippen molar-refractivity contribution >= 4 is 11.9 Å². The summed E-state index contributed by atoms with van der Waals surface area (Å²) < 4.78 is 12.5. The molecule has 2 aromatic carbocycles. The highest BCUT2D eigenvalue weighted by atomic mass is 16.5. The molecule has 3 aromatic rings. The second-order valence-corrected chi connectivity index (χ2v) is 8.12. The number of hydrogen-bond donors (Lipinski definition) is 0. The smallest absolute Gasteiger partial charge is 0.341 e. The van der Waals surface area contributed by atoms with Gasteiger partial charge in [0, 0.05) is 38.3 Å². The number of amides is 1. The third-order valence-electron chi connectivity index (χ3n) is 5.94. The van der Waals surface area contributed by atoms with Gasteiger partial charge in [-0.25, -0.2) is 9.48 Å². The van der Waals surface area contributed by atoms with Crippen molar-refractivity contribution in [3.05, 3.63) is 77.6 Å². The quantitative estimate of drug-likeness (QED) is 0.479. The molecule has 2 heterocycles. The molecule has 8 nitrogen and oxygen atoms in total. The number of carbonyl (C=O) groups excluding carboxylic acids is 2. The number of benzene rings is 2. The molecule has 0 saturated carbocycles. The molecule has 8 heteroatoms. The van der Waals surface area contributed by atoms with Gasteiger partial charge in [0.1, 0.15) is 17.9 Å². The number of piperazine rings is 1. The third-order valence-corrected chi connectivity index (χ3v) is 5.94. The predicted molar refractivity (Wildman–Crippen MR) is 129 cm³/mol. The van der Waals surface area contributed by atoms with Crippen molar-refractivity contribution in [1.82, 2.24) is 19.6 Å². The summed E-state index contributed by atoms with van der Waals surface area (Å²) in [6.45, 7) is 8.40. The molecule has 1 saturated heterocycles. The minimum Gasteiger partial charge on any atom is -0.492 e. The molecule has 1 amide bonds. The Kier molecular flexibility index (Phi) is 7.59. The van der Waals surface area contributed by atoms with Crippen molar-refractivity contribution < 1.29 is 19.1 Å². The van der Waals surface area contributed by atoms with E-state index in [9.17, 15) is 9.59 Å². The molecule has 0 radical (unpaired) electrons. The Morgan fingerprint density at radius 2 is 1.68 bits per heavy atom. The third kappa shape index (κ3) is 5.46. The van der Waals surface area contributed by atoms with Crippen LogP contribution in [0.25, 0.3) is 5.69 Å². The van der Waals surface area contributed by atoms with Crippen LogP contribution < -0.4 is 4.74 Å². The van der Waals surface area contributed by atoms with Crippen LogP contribution in [0.3, 0.4) is 0 Å². The van der Waals surface area contributed by atoms with E-state index in [2.05, 4.69) is 10.00 Å². The van der Waals surface area contributed by atoms with Gasteiger partial charge < -0.3 is 14.4 Å². The first-order chi connectivity index (χ1) is 16.6. The van der Waals surface area contributed by atoms with Crippen LogP contribution in [0.5, 0.6) is 5.75 Å². The van der Waals surface area contributed by atoms with Crippen LogP contribution in [0.4, 0.5) is 0 Å². The maximum absolute atomic E-state index is 13.0. The second kappa shape index (κ2) is 11.0. The minimum absolute atomic E-state index is 0.0242. The first kappa shape index (κ1) is 23.5. The van der Waals surface area contributed by atoms with Crippen molar-refractivity contribution in [2.75, 3.05) is 45.9 Å². The van der Waals surface area contributed by atoms with Gasteiger partial charge in [-0.2, -0.15) is 5.10 Å². The molecular weight excluding hydrogens is 432 g/mol. The molecule has 0 atom stereocenters. The maximum Gasteiger partial charge on any atom is 0.341 e. The summed E-state index contributed by atoms with van der Waals surface area (Å²) in [5.41, 5.74) is 2.56. The van der Waals surface area contributed by atoms with Crippen molar-refractivity contribution in [2.24, 2.45) is 0 Å². The van der Waals surface area contributed by atoms with E-state index in [0.29, 0.717) is 43.1 Å². The summed E-state index contributed by atoms with van der Waals surface area (Å²) in [5, 5.41) is 4.31. The number of para-hydroxylation sites is 1. The zero-order chi connectivity index (χ0) is 23.9. The molecule has 1 fully saturated rings. The van der Waals surface area contributed by atoms with Crippen molar-refractivity contribution in [3.63, 3.8) is 0 Å². The number of ether oxygens (including phenoxy) is 2.